The normalized spacial score (nSPS) is 16.8. The van der Waals surface area contributed by atoms with Crippen LogP contribution in [0.1, 0.15) is 19.3 Å². The van der Waals surface area contributed by atoms with Gasteiger partial charge in [0.15, 0.2) is 0 Å². The summed E-state index contributed by atoms with van der Waals surface area (Å²) in [7, 11) is 0. The van der Waals surface area contributed by atoms with Crippen molar-refractivity contribution < 1.29 is 18.7 Å². The van der Waals surface area contributed by atoms with E-state index in [1.54, 1.807) is 0 Å². The molecule has 0 spiro atoms. The van der Waals surface area contributed by atoms with E-state index in [2.05, 4.69) is 10.6 Å². The molecule has 0 radical (unpaired) electrons. The Hall–Kier alpha value is -1.69. The third-order valence-corrected chi connectivity index (χ3v) is 2.98. The highest BCUT2D eigenvalue weighted by molar-refractivity contribution is 5.89. The van der Waals surface area contributed by atoms with Gasteiger partial charge in [0, 0.05) is 18.3 Å². The Bertz CT molecular complexity index is 441. The minimum absolute atomic E-state index is 0.0330. The summed E-state index contributed by atoms with van der Waals surface area (Å²) < 4.78 is 25.7. The van der Waals surface area contributed by atoms with Crippen molar-refractivity contribution in [1.29, 1.82) is 0 Å². The molecule has 98 valence electrons. The molecular formula is C12H14F2N2O2. The molecule has 0 unspecified atom stereocenters. The van der Waals surface area contributed by atoms with Crippen molar-refractivity contribution in [1.82, 2.24) is 5.32 Å². The number of carbonyl (C=O) groups is 1. The molecule has 2 amide bonds. The summed E-state index contributed by atoms with van der Waals surface area (Å²) in [5.74, 6) is -1.52. The lowest BCUT2D eigenvalue weighted by molar-refractivity contribution is -0.0287. The van der Waals surface area contributed by atoms with E-state index < -0.39 is 23.3 Å². The Labute approximate surface area is 103 Å². The number of anilines is 1. The van der Waals surface area contributed by atoms with Crippen molar-refractivity contribution >= 4 is 11.7 Å². The third-order valence-electron chi connectivity index (χ3n) is 2.98. The van der Waals surface area contributed by atoms with Gasteiger partial charge in [0.2, 0.25) is 0 Å². The number of hydrogen-bond acceptors (Lipinski definition) is 2. The van der Waals surface area contributed by atoms with E-state index in [1.165, 1.54) is 0 Å². The number of nitrogens with one attached hydrogen (secondary N) is 2. The summed E-state index contributed by atoms with van der Waals surface area (Å²) in [6.07, 6.45) is 2.25. The van der Waals surface area contributed by atoms with Crippen LogP contribution < -0.4 is 10.6 Å². The van der Waals surface area contributed by atoms with Gasteiger partial charge in [-0.3, -0.25) is 0 Å². The van der Waals surface area contributed by atoms with Crippen LogP contribution in [0.15, 0.2) is 18.2 Å². The van der Waals surface area contributed by atoms with Crippen molar-refractivity contribution in [3.8, 4) is 0 Å². The molecule has 0 heterocycles. The van der Waals surface area contributed by atoms with Crippen LogP contribution in [0.2, 0.25) is 0 Å². The number of urea groups is 1. The second-order valence-corrected chi connectivity index (χ2v) is 4.54. The molecule has 3 N–H and O–H groups in total. The highest BCUT2D eigenvalue weighted by Crippen LogP contribution is 2.30. The lowest BCUT2D eigenvalue weighted by Crippen LogP contribution is -2.48. The van der Waals surface area contributed by atoms with Crippen molar-refractivity contribution in [2.75, 3.05) is 11.9 Å². The van der Waals surface area contributed by atoms with E-state index in [0.29, 0.717) is 12.8 Å². The fourth-order valence-corrected chi connectivity index (χ4v) is 1.81. The van der Waals surface area contributed by atoms with Gasteiger partial charge in [-0.2, -0.15) is 0 Å². The molecule has 2 rings (SSSR count). The lowest BCUT2D eigenvalue weighted by atomic mass is 9.80. The average Bonchev–Trinajstić information content (AvgIpc) is 2.22. The smallest absolute Gasteiger partial charge is 0.319 e. The van der Waals surface area contributed by atoms with Gasteiger partial charge in [-0.25, -0.2) is 13.6 Å². The van der Waals surface area contributed by atoms with E-state index >= 15 is 0 Å². The molecule has 0 aromatic heterocycles. The van der Waals surface area contributed by atoms with E-state index in [0.717, 1.165) is 24.6 Å². The summed E-state index contributed by atoms with van der Waals surface area (Å²) in [4.78, 5) is 11.4. The van der Waals surface area contributed by atoms with Gasteiger partial charge in [-0.1, -0.05) is 0 Å². The first-order chi connectivity index (χ1) is 8.47. The second kappa shape index (κ2) is 4.89. The molecule has 1 aromatic carbocycles. The molecule has 1 aromatic rings. The van der Waals surface area contributed by atoms with Crippen molar-refractivity contribution in [3.05, 3.63) is 29.8 Å². The molecule has 4 nitrogen and oxygen atoms in total. The standard InChI is InChI=1S/C12H14F2N2O2/c13-8-4-9(14)6-10(5-8)16-11(17)15-7-12(18)2-1-3-12/h4-6,18H,1-3,7H2,(H2,15,16,17). The fourth-order valence-electron chi connectivity index (χ4n) is 1.81. The van der Waals surface area contributed by atoms with Crippen LogP contribution in [0.25, 0.3) is 0 Å². The van der Waals surface area contributed by atoms with Crippen LogP contribution in [0.5, 0.6) is 0 Å². The number of rotatable bonds is 3. The van der Waals surface area contributed by atoms with Gasteiger partial charge in [-0.05, 0) is 31.4 Å². The molecule has 1 aliphatic rings. The topological polar surface area (TPSA) is 61.4 Å². The van der Waals surface area contributed by atoms with Gasteiger partial charge in [-0.15, -0.1) is 0 Å². The van der Waals surface area contributed by atoms with E-state index in [-0.39, 0.29) is 12.2 Å². The summed E-state index contributed by atoms with van der Waals surface area (Å²) in [5.41, 5.74) is -0.796. The minimum atomic E-state index is -0.829. The average molecular weight is 256 g/mol. The first kappa shape index (κ1) is 12.8. The SMILES string of the molecule is O=C(NCC1(O)CCC1)Nc1cc(F)cc(F)c1. The highest BCUT2D eigenvalue weighted by Gasteiger charge is 2.34. The molecule has 0 aliphatic heterocycles. The molecule has 0 bridgehead atoms. The van der Waals surface area contributed by atoms with Gasteiger partial charge >= 0.3 is 6.03 Å². The van der Waals surface area contributed by atoms with Crippen molar-refractivity contribution in [3.63, 3.8) is 0 Å². The fraction of sp³-hybridized carbons (Fsp3) is 0.417. The Balaban J connectivity index is 1.86. The number of carbonyl (C=O) groups excluding carboxylic acids is 1. The first-order valence-electron chi connectivity index (χ1n) is 5.70. The maximum absolute atomic E-state index is 12.9. The van der Waals surface area contributed by atoms with Crippen molar-refractivity contribution in [2.24, 2.45) is 0 Å². The zero-order chi connectivity index (χ0) is 13.2. The van der Waals surface area contributed by atoms with Gasteiger partial charge in [0.05, 0.1) is 5.60 Å². The van der Waals surface area contributed by atoms with Gasteiger partial charge in [0.25, 0.3) is 0 Å². The lowest BCUT2D eigenvalue weighted by Gasteiger charge is -2.36. The zero-order valence-electron chi connectivity index (χ0n) is 9.67. The number of halogens is 2. The van der Waals surface area contributed by atoms with Crippen LogP contribution in [-0.2, 0) is 0 Å². The largest absolute Gasteiger partial charge is 0.388 e. The number of hydrogen-bond donors (Lipinski definition) is 3. The van der Waals surface area contributed by atoms with Gasteiger partial charge in [0.1, 0.15) is 11.6 Å². The maximum Gasteiger partial charge on any atom is 0.319 e. The summed E-state index contributed by atoms with van der Waals surface area (Å²) >= 11 is 0. The zero-order valence-corrected chi connectivity index (χ0v) is 9.67. The first-order valence-corrected chi connectivity index (χ1v) is 5.70. The molecule has 6 heteroatoms. The molecule has 1 fully saturated rings. The molecule has 0 atom stereocenters. The van der Waals surface area contributed by atoms with E-state index in [9.17, 15) is 18.7 Å². The molecule has 1 saturated carbocycles. The van der Waals surface area contributed by atoms with E-state index in [1.807, 2.05) is 0 Å². The van der Waals surface area contributed by atoms with Crippen molar-refractivity contribution in [2.45, 2.75) is 24.9 Å². The predicted octanol–water partition coefficient (Wildman–Crippen LogP) is 2.00. The Kier molecular flexibility index (Phi) is 3.47. The molecular weight excluding hydrogens is 242 g/mol. The summed E-state index contributed by atoms with van der Waals surface area (Å²) in [6, 6.07) is 2.15. The van der Waals surface area contributed by atoms with E-state index in [4.69, 9.17) is 0 Å². The molecule has 1 aliphatic carbocycles. The monoisotopic (exact) mass is 256 g/mol. The quantitative estimate of drug-likeness (QED) is 0.774. The molecule has 0 saturated heterocycles. The van der Waals surface area contributed by atoms with Crippen LogP contribution in [-0.4, -0.2) is 23.3 Å². The van der Waals surface area contributed by atoms with Crippen LogP contribution in [0, 0.1) is 11.6 Å². The van der Waals surface area contributed by atoms with Crippen LogP contribution in [0.3, 0.4) is 0 Å². The Morgan fingerprint density at radius 3 is 2.39 bits per heavy atom. The van der Waals surface area contributed by atoms with Crippen LogP contribution >= 0.6 is 0 Å². The predicted molar refractivity (Wildman–Crippen MR) is 62.2 cm³/mol. The Morgan fingerprint density at radius 2 is 1.89 bits per heavy atom. The number of aliphatic hydroxyl groups is 1. The number of benzene rings is 1. The maximum atomic E-state index is 12.9. The van der Waals surface area contributed by atoms with Crippen LogP contribution in [0.4, 0.5) is 19.3 Å². The molecule has 18 heavy (non-hydrogen) atoms. The highest BCUT2D eigenvalue weighted by atomic mass is 19.1. The second-order valence-electron chi connectivity index (χ2n) is 4.54. The summed E-state index contributed by atoms with van der Waals surface area (Å²) in [5, 5.41) is 14.5. The minimum Gasteiger partial charge on any atom is -0.388 e. The number of amides is 2. The van der Waals surface area contributed by atoms with Gasteiger partial charge < -0.3 is 15.7 Å². The Morgan fingerprint density at radius 1 is 1.28 bits per heavy atom. The summed E-state index contributed by atoms with van der Waals surface area (Å²) in [6.45, 7) is 0.136. The third kappa shape index (κ3) is 3.16.